The highest BCUT2D eigenvalue weighted by molar-refractivity contribution is 7.99. The van der Waals surface area contributed by atoms with Gasteiger partial charge in [-0.15, -0.1) is 11.8 Å². The summed E-state index contributed by atoms with van der Waals surface area (Å²) in [7, 11) is 1.96. The fraction of sp³-hybridized carbons (Fsp3) is 0.222. The molecule has 4 nitrogen and oxygen atoms in total. The molecule has 33 heavy (non-hydrogen) atoms. The molecule has 4 rings (SSSR count). The molecule has 4 aromatic rings. The number of allylic oxidation sites excluding steroid dienone is 1. The molecule has 0 saturated carbocycles. The lowest BCUT2D eigenvalue weighted by Gasteiger charge is -2.06. The number of hydrogen-bond donors (Lipinski definition) is 2. The molecule has 0 radical (unpaired) electrons. The molecule has 0 fully saturated rings. The maximum atomic E-state index is 8.76. The standard InChI is InChI=1S/C20H21ClN2OS.C7H8O/c1-3-15(16-5-6-18-17(11-16)12-19(21)24-18)10-14-4-7-20(23-13-14)25-9-8-22-2;1-6-2-4-7(8)5-3-6/h4-7,10-13,22H,3,8-9H2,1-2H3;2-5,8H,1H3/b15-10-;. The lowest BCUT2D eigenvalue weighted by Crippen LogP contribution is -2.09. The van der Waals surface area contributed by atoms with Crippen molar-refractivity contribution in [3.05, 3.63) is 88.8 Å². The molecule has 0 saturated heterocycles. The minimum Gasteiger partial charge on any atom is -0.508 e. The zero-order chi connectivity index (χ0) is 23.6. The van der Waals surface area contributed by atoms with Crippen LogP contribution in [-0.4, -0.2) is 29.4 Å². The number of nitrogens with one attached hydrogen (secondary N) is 1. The lowest BCUT2D eigenvalue weighted by atomic mass is 10.00. The Bertz CT molecular complexity index is 1160. The molecule has 0 unspecified atom stereocenters. The van der Waals surface area contributed by atoms with Gasteiger partial charge in [-0.3, -0.25) is 0 Å². The molecule has 2 heterocycles. The van der Waals surface area contributed by atoms with Gasteiger partial charge in [0.2, 0.25) is 0 Å². The molecule has 0 atom stereocenters. The Morgan fingerprint density at radius 2 is 1.91 bits per heavy atom. The van der Waals surface area contributed by atoms with Crippen LogP contribution >= 0.6 is 23.4 Å². The molecule has 0 amide bonds. The fourth-order valence-corrected chi connectivity index (χ4v) is 4.17. The van der Waals surface area contributed by atoms with Gasteiger partial charge in [-0.1, -0.05) is 36.8 Å². The van der Waals surface area contributed by atoms with Crippen molar-refractivity contribution in [2.75, 3.05) is 19.3 Å². The van der Waals surface area contributed by atoms with Crippen molar-refractivity contribution in [1.82, 2.24) is 10.3 Å². The average Bonchev–Trinajstić information content (AvgIpc) is 3.20. The Balaban J connectivity index is 0.000000323. The van der Waals surface area contributed by atoms with E-state index in [4.69, 9.17) is 21.1 Å². The first-order valence-corrected chi connectivity index (χ1v) is 12.2. The van der Waals surface area contributed by atoms with E-state index < -0.39 is 0 Å². The SMILES string of the molecule is CC/C(=C/c1ccc(SCCNC)nc1)c1ccc2oc(Cl)cc2c1.Cc1ccc(O)cc1. The minimum absolute atomic E-state index is 0.329. The van der Waals surface area contributed by atoms with Gasteiger partial charge in [-0.25, -0.2) is 4.98 Å². The van der Waals surface area contributed by atoms with Crippen LogP contribution < -0.4 is 5.32 Å². The Morgan fingerprint density at radius 1 is 1.12 bits per heavy atom. The van der Waals surface area contributed by atoms with Crippen molar-refractivity contribution in [3.63, 3.8) is 0 Å². The maximum absolute atomic E-state index is 8.76. The molecule has 2 N–H and O–H groups in total. The summed E-state index contributed by atoms with van der Waals surface area (Å²) in [6.45, 7) is 5.13. The van der Waals surface area contributed by atoms with E-state index in [-0.39, 0.29) is 0 Å². The van der Waals surface area contributed by atoms with Crippen molar-refractivity contribution in [1.29, 1.82) is 0 Å². The summed E-state index contributed by atoms with van der Waals surface area (Å²) < 4.78 is 5.44. The Hall–Kier alpha value is -2.73. The van der Waals surface area contributed by atoms with Crippen LogP contribution in [0.15, 0.2) is 76.3 Å². The summed E-state index contributed by atoms with van der Waals surface area (Å²) >= 11 is 7.70. The smallest absolute Gasteiger partial charge is 0.194 e. The van der Waals surface area contributed by atoms with Crippen LogP contribution in [-0.2, 0) is 0 Å². The largest absolute Gasteiger partial charge is 0.508 e. The molecule has 0 bridgehead atoms. The van der Waals surface area contributed by atoms with E-state index in [2.05, 4.69) is 47.6 Å². The monoisotopic (exact) mass is 480 g/mol. The van der Waals surface area contributed by atoms with Gasteiger partial charge in [0.25, 0.3) is 0 Å². The minimum atomic E-state index is 0.329. The second-order valence-corrected chi connectivity index (χ2v) is 9.03. The summed E-state index contributed by atoms with van der Waals surface area (Å²) in [4.78, 5) is 4.54. The number of halogens is 1. The van der Waals surface area contributed by atoms with E-state index in [1.807, 2.05) is 44.4 Å². The number of nitrogens with zero attached hydrogens (tertiary/aromatic N) is 1. The number of thioether (sulfide) groups is 1. The van der Waals surface area contributed by atoms with E-state index >= 15 is 0 Å². The van der Waals surface area contributed by atoms with Crippen molar-refractivity contribution in [2.24, 2.45) is 0 Å². The van der Waals surface area contributed by atoms with E-state index in [0.717, 1.165) is 40.3 Å². The van der Waals surface area contributed by atoms with Gasteiger partial charge in [-0.2, -0.15) is 0 Å². The summed E-state index contributed by atoms with van der Waals surface area (Å²) in [5, 5.41) is 14.4. The molecule has 2 aromatic carbocycles. The number of aromatic nitrogens is 1. The summed E-state index contributed by atoms with van der Waals surface area (Å²) in [6, 6.07) is 19.3. The predicted octanol–water partition coefficient (Wildman–Crippen LogP) is 7.44. The third kappa shape index (κ3) is 7.67. The Kier molecular flexibility index (Phi) is 9.43. The second kappa shape index (κ2) is 12.5. The maximum Gasteiger partial charge on any atom is 0.194 e. The molecule has 2 aromatic heterocycles. The number of phenols is 1. The lowest BCUT2D eigenvalue weighted by molar-refractivity contribution is 0.475. The quantitative estimate of drug-likeness (QED) is 0.212. The summed E-state index contributed by atoms with van der Waals surface area (Å²) in [6.07, 6.45) is 5.07. The summed E-state index contributed by atoms with van der Waals surface area (Å²) in [5.41, 5.74) is 5.54. The van der Waals surface area contributed by atoms with Crippen LogP contribution in [0.3, 0.4) is 0 Å². The first-order chi connectivity index (χ1) is 16.0. The van der Waals surface area contributed by atoms with Gasteiger partial charge in [0, 0.05) is 29.9 Å². The molecule has 0 aliphatic rings. The van der Waals surface area contributed by atoms with Crippen molar-refractivity contribution in [2.45, 2.75) is 25.3 Å². The zero-order valence-corrected chi connectivity index (χ0v) is 20.7. The number of benzene rings is 2. The summed E-state index contributed by atoms with van der Waals surface area (Å²) in [5.74, 6) is 1.35. The highest BCUT2D eigenvalue weighted by atomic mass is 35.5. The molecular weight excluding hydrogens is 452 g/mol. The number of aromatic hydroxyl groups is 1. The number of phenolic OH excluding ortho intramolecular Hbond substituents is 1. The van der Waals surface area contributed by atoms with Crippen molar-refractivity contribution < 1.29 is 9.52 Å². The number of rotatable bonds is 7. The van der Waals surface area contributed by atoms with Crippen LogP contribution in [0.4, 0.5) is 0 Å². The van der Waals surface area contributed by atoms with Gasteiger partial charge in [-0.05, 0) is 85.1 Å². The van der Waals surface area contributed by atoms with Gasteiger partial charge >= 0.3 is 0 Å². The third-order valence-corrected chi connectivity index (χ3v) is 6.11. The number of furan rings is 1. The van der Waals surface area contributed by atoms with E-state index in [1.54, 1.807) is 23.9 Å². The Morgan fingerprint density at radius 3 is 2.55 bits per heavy atom. The first kappa shape index (κ1) is 24.9. The number of aryl methyl sites for hydroxylation is 1. The van der Waals surface area contributed by atoms with Crippen LogP contribution in [0, 0.1) is 6.92 Å². The van der Waals surface area contributed by atoms with Gasteiger partial charge in [0.05, 0.1) is 5.03 Å². The van der Waals surface area contributed by atoms with Crippen molar-refractivity contribution >= 4 is 46.0 Å². The van der Waals surface area contributed by atoms with Crippen LogP contribution in [0.2, 0.25) is 5.22 Å². The van der Waals surface area contributed by atoms with Crippen LogP contribution in [0.25, 0.3) is 22.6 Å². The molecule has 0 aliphatic heterocycles. The van der Waals surface area contributed by atoms with Gasteiger partial charge in [0.15, 0.2) is 5.22 Å². The number of fused-ring (bicyclic) bond motifs is 1. The Labute approximate surface area is 204 Å². The fourth-order valence-electron chi connectivity index (χ4n) is 3.17. The predicted molar refractivity (Wildman–Crippen MR) is 141 cm³/mol. The molecule has 0 spiro atoms. The van der Waals surface area contributed by atoms with Crippen LogP contribution in [0.1, 0.15) is 30.0 Å². The molecule has 0 aliphatic carbocycles. The number of pyridine rings is 1. The van der Waals surface area contributed by atoms with Crippen LogP contribution in [0.5, 0.6) is 5.75 Å². The van der Waals surface area contributed by atoms with Gasteiger partial charge < -0.3 is 14.8 Å². The molecule has 6 heteroatoms. The first-order valence-electron chi connectivity index (χ1n) is 10.9. The van der Waals surface area contributed by atoms with Gasteiger partial charge in [0.1, 0.15) is 11.3 Å². The highest BCUT2D eigenvalue weighted by Gasteiger charge is 2.06. The second-order valence-electron chi connectivity index (χ2n) is 7.54. The third-order valence-electron chi connectivity index (χ3n) is 4.97. The van der Waals surface area contributed by atoms with E-state index in [0.29, 0.717) is 11.0 Å². The van der Waals surface area contributed by atoms with E-state index in [1.165, 1.54) is 16.7 Å². The average molecular weight is 481 g/mol. The topological polar surface area (TPSA) is 58.3 Å². The van der Waals surface area contributed by atoms with Crippen molar-refractivity contribution in [3.8, 4) is 5.75 Å². The molecular formula is C27H29ClN2O2S. The highest BCUT2D eigenvalue weighted by Crippen LogP contribution is 2.29. The van der Waals surface area contributed by atoms with E-state index in [9.17, 15) is 0 Å². The molecule has 172 valence electrons. The zero-order valence-electron chi connectivity index (χ0n) is 19.1. The number of hydrogen-bond acceptors (Lipinski definition) is 5. The normalized spacial score (nSPS) is 11.3.